The quantitative estimate of drug-likeness (QED) is 0.324. The molecule has 1 aliphatic rings. The molecule has 3 aromatic rings. The Morgan fingerprint density at radius 1 is 1.06 bits per heavy atom. The number of halogens is 1. The van der Waals surface area contributed by atoms with Crippen LogP contribution in [0.5, 0.6) is 0 Å². The summed E-state index contributed by atoms with van der Waals surface area (Å²) in [6.45, 7) is 2.59. The maximum Gasteiger partial charge on any atom is 0.269 e. The summed E-state index contributed by atoms with van der Waals surface area (Å²) in [7, 11) is 0. The van der Waals surface area contributed by atoms with E-state index in [4.69, 9.17) is 28.5 Å². The Bertz CT molecular complexity index is 1220. The fraction of sp³-hybridized carbons (Fsp3) is 0.320. The van der Waals surface area contributed by atoms with E-state index in [0.717, 1.165) is 36.6 Å². The summed E-state index contributed by atoms with van der Waals surface area (Å²) in [4.78, 5) is 24.8. The van der Waals surface area contributed by atoms with Gasteiger partial charge in [0.2, 0.25) is 5.91 Å². The molecule has 4 rings (SSSR count). The first kappa shape index (κ1) is 22.9. The summed E-state index contributed by atoms with van der Waals surface area (Å²) >= 11 is 6.74. The first-order valence-electron chi connectivity index (χ1n) is 11.1. The number of hydrogen-bond acceptors (Lipinski definition) is 3. The van der Waals surface area contributed by atoms with Crippen molar-refractivity contribution in [1.29, 1.82) is 5.41 Å². The molecule has 0 aliphatic heterocycles. The highest BCUT2D eigenvalue weighted by Crippen LogP contribution is 2.33. The summed E-state index contributed by atoms with van der Waals surface area (Å²) in [5, 5.41) is 12.1. The Kier molecular flexibility index (Phi) is 6.42. The van der Waals surface area contributed by atoms with E-state index in [2.05, 4.69) is 12.2 Å². The molecular weight excluding hydrogens is 438 g/mol. The lowest BCUT2D eigenvalue weighted by molar-refractivity contribution is 0.0914. The highest BCUT2D eigenvalue weighted by molar-refractivity contribution is 6.39. The highest BCUT2D eigenvalue weighted by atomic mass is 35.5. The lowest BCUT2D eigenvalue weighted by atomic mass is 9.87. The summed E-state index contributed by atoms with van der Waals surface area (Å²) in [5.41, 5.74) is 14.0. The number of aromatic nitrogens is 1. The van der Waals surface area contributed by atoms with Crippen LogP contribution in [-0.4, -0.2) is 28.3 Å². The SMILES string of the molecule is CC1CCC(NC(=O)c2c(Cl)c3ccc(C(=N)N)cc3n2Cc2ccc(C(N)=O)cc2)CC1. The number of primary amides is 1. The summed E-state index contributed by atoms with van der Waals surface area (Å²) in [5.74, 6) is -0.0895. The minimum Gasteiger partial charge on any atom is -0.384 e. The van der Waals surface area contributed by atoms with Crippen LogP contribution in [0.15, 0.2) is 42.5 Å². The number of fused-ring (bicyclic) bond motifs is 1. The van der Waals surface area contributed by atoms with Crippen LogP contribution in [0.1, 0.15) is 64.6 Å². The number of nitrogens with two attached hydrogens (primary N) is 2. The Morgan fingerprint density at radius 2 is 1.70 bits per heavy atom. The third-order valence-corrected chi connectivity index (χ3v) is 6.84. The third kappa shape index (κ3) is 4.73. The molecule has 0 radical (unpaired) electrons. The first-order valence-corrected chi connectivity index (χ1v) is 11.5. The molecule has 172 valence electrons. The van der Waals surface area contributed by atoms with Crippen molar-refractivity contribution < 1.29 is 9.59 Å². The summed E-state index contributed by atoms with van der Waals surface area (Å²) in [6.07, 6.45) is 4.09. The number of carbonyl (C=O) groups excluding carboxylic acids is 2. The van der Waals surface area contributed by atoms with Crippen molar-refractivity contribution in [2.75, 3.05) is 0 Å². The summed E-state index contributed by atoms with van der Waals surface area (Å²) in [6, 6.07) is 12.4. The van der Waals surface area contributed by atoms with E-state index in [0.29, 0.717) is 39.8 Å². The van der Waals surface area contributed by atoms with Gasteiger partial charge >= 0.3 is 0 Å². The second-order valence-electron chi connectivity index (χ2n) is 8.89. The average Bonchev–Trinajstić information content (AvgIpc) is 3.06. The topological polar surface area (TPSA) is 127 Å². The fourth-order valence-electron chi connectivity index (χ4n) is 4.48. The molecule has 8 heteroatoms. The number of benzene rings is 2. The van der Waals surface area contributed by atoms with Crippen LogP contribution in [0.2, 0.25) is 5.02 Å². The predicted molar refractivity (Wildman–Crippen MR) is 131 cm³/mol. The van der Waals surface area contributed by atoms with E-state index in [1.165, 1.54) is 0 Å². The molecule has 1 saturated carbocycles. The van der Waals surface area contributed by atoms with Gasteiger partial charge in [0.05, 0.1) is 10.5 Å². The van der Waals surface area contributed by atoms with Gasteiger partial charge in [-0.15, -0.1) is 0 Å². The van der Waals surface area contributed by atoms with Crippen molar-refractivity contribution in [3.8, 4) is 0 Å². The van der Waals surface area contributed by atoms with E-state index in [-0.39, 0.29) is 17.8 Å². The number of rotatable bonds is 6. The number of nitrogens with one attached hydrogen (secondary N) is 2. The average molecular weight is 466 g/mol. The number of nitrogens with zero attached hydrogens (tertiary/aromatic N) is 1. The molecule has 33 heavy (non-hydrogen) atoms. The van der Waals surface area contributed by atoms with Crippen LogP contribution in [0.25, 0.3) is 10.9 Å². The smallest absolute Gasteiger partial charge is 0.269 e. The molecular formula is C25H28ClN5O2. The molecule has 7 nitrogen and oxygen atoms in total. The van der Waals surface area contributed by atoms with Crippen molar-refractivity contribution >= 4 is 40.2 Å². The largest absolute Gasteiger partial charge is 0.384 e. The Hall–Kier alpha value is -3.32. The molecule has 0 unspecified atom stereocenters. The number of carbonyl (C=O) groups is 2. The van der Waals surface area contributed by atoms with Gasteiger partial charge in [0, 0.05) is 29.1 Å². The van der Waals surface area contributed by atoms with E-state index < -0.39 is 5.91 Å². The maximum absolute atomic E-state index is 13.4. The van der Waals surface area contributed by atoms with Gasteiger partial charge in [-0.1, -0.05) is 42.8 Å². The standard InChI is InChI=1S/C25H28ClN5O2/c1-14-2-9-18(10-3-14)30-25(33)22-21(26)19-11-8-17(23(27)28)12-20(19)31(22)13-15-4-6-16(7-5-15)24(29)32/h4-8,11-12,14,18H,2-3,9-10,13H2,1H3,(H3,27,28)(H2,29,32)(H,30,33). The molecule has 0 saturated heterocycles. The zero-order chi connectivity index (χ0) is 23.7. The van der Waals surface area contributed by atoms with Gasteiger partial charge in [0.1, 0.15) is 11.5 Å². The zero-order valence-corrected chi connectivity index (χ0v) is 19.3. The van der Waals surface area contributed by atoms with E-state index in [1.807, 2.05) is 4.57 Å². The van der Waals surface area contributed by atoms with Crippen molar-refractivity contribution in [3.05, 3.63) is 69.9 Å². The maximum atomic E-state index is 13.4. The predicted octanol–water partition coefficient (Wildman–Crippen LogP) is 4.03. The molecule has 1 fully saturated rings. The van der Waals surface area contributed by atoms with E-state index in [1.54, 1.807) is 42.5 Å². The fourth-order valence-corrected chi connectivity index (χ4v) is 4.82. The van der Waals surface area contributed by atoms with Crippen LogP contribution in [0.3, 0.4) is 0 Å². The second kappa shape index (κ2) is 9.27. The van der Waals surface area contributed by atoms with Gasteiger partial charge in [0.15, 0.2) is 0 Å². The lowest BCUT2D eigenvalue weighted by Gasteiger charge is -2.27. The van der Waals surface area contributed by atoms with Crippen molar-refractivity contribution in [1.82, 2.24) is 9.88 Å². The molecule has 1 heterocycles. The Morgan fingerprint density at radius 3 is 2.30 bits per heavy atom. The number of hydrogen-bond donors (Lipinski definition) is 4. The highest BCUT2D eigenvalue weighted by Gasteiger charge is 2.26. The van der Waals surface area contributed by atoms with Gasteiger partial charge < -0.3 is 21.4 Å². The van der Waals surface area contributed by atoms with Crippen molar-refractivity contribution in [3.63, 3.8) is 0 Å². The van der Waals surface area contributed by atoms with E-state index >= 15 is 0 Å². The Balaban J connectivity index is 1.75. The molecule has 2 amide bonds. The minimum atomic E-state index is -0.496. The van der Waals surface area contributed by atoms with Crippen LogP contribution in [0, 0.1) is 11.3 Å². The molecule has 1 aromatic heterocycles. The van der Waals surface area contributed by atoms with Crippen LogP contribution in [0.4, 0.5) is 0 Å². The third-order valence-electron chi connectivity index (χ3n) is 6.46. The number of amides is 2. The Labute approximate surface area is 197 Å². The van der Waals surface area contributed by atoms with Crippen LogP contribution < -0.4 is 16.8 Å². The van der Waals surface area contributed by atoms with Gasteiger partial charge in [-0.05, 0) is 55.4 Å². The van der Waals surface area contributed by atoms with Gasteiger partial charge in [-0.25, -0.2) is 0 Å². The zero-order valence-electron chi connectivity index (χ0n) is 18.5. The monoisotopic (exact) mass is 465 g/mol. The van der Waals surface area contributed by atoms with Crippen LogP contribution >= 0.6 is 11.6 Å². The second-order valence-corrected chi connectivity index (χ2v) is 9.26. The first-order chi connectivity index (χ1) is 15.7. The van der Waals surface area contributed by atoms with Gasteiger partial charge in [-0.3, -0.25) is 15.0 Å². The van der Waals surface area contributed by atoms with Gasteiger partial charge in [-0.2, -0.15) is 0 Å². The molecule has 0 bridgehead atoms. The molecule has 2 aromatic carbocycles. The molecule has 0 atom stereocenters. The normalized spacial score (nSPS) is 18.2. The number of amidine groups is 1. The molecule has 6 N–H and O–H groups in total. The van der Waals surface area contributed by atoms with Crippen LogP contribution in [-0.2, 0) is 6.54 Å². The van der Waals surface area contributed by atoms with Crippen molar-refractivity contribution in [2.24, 2.45) is 17.4 Å². The van der Waals surface area contributed by atoms with Crippen molar-refractivity contribution in [2.45, 2.75) is 45.2 Å². The molecule has 1 aliphatic carbocycles. The number of nitrogen functional groups attached to an aromatic ring is 1. The van der Waals surface area contributed by atoms with Gasteiger partial charge in [0.25, 0.3) is 5.91 Å². The summed E-state index contributed by atoms with van der Waals surface area (Å²) < 4.78 is 1.85. The minimum absolute atomic E-state index is 0.0612. The lowest BCUT2D eigenvalue weighted by Crippen LogP contribution is -2.38. The van der Waals surface area contributed by atoms with E-state index in [9.17, 15) is 9.59 Å². The molecule has 0 spiro atoms.